The molecule has 7 nitrogen and oxygen atoms in total. The number of piperidine rings is 1. The molecule has 2 heterocycles. The largest absolute Gasteiger partial charge is 0.633 e. The fraction of sp³-hybridized carbons (Fsp3) is 0.292. The van der Waals surface area contributed by atoms with E-state index in [1.807, 2.05) is 11.4 Å². The number of rotatable bonds is 8. The SMILES string of the molecule is NC(=O)c1ccc(-c2csc(SCC(=O)NC3CC[N+]([O-])(Cc4ccc(Cl)c(Cl)c4)CC3)n2)cc1. The lowest BCUT2D eigenvalue weighted by atomic mass is 10.0. The zero-order valence-electron chi connectivity index (χ0n) is 18.7. The van der Waals surface area contributed by atoms with Crippen molar-refractivity contribution in [3.8, 4) is 11.3 Å². The van der Waals surface area contributed by atoms with Crippen LogP contribution in [0.3, 0.4) is 0 Å². The van der Waals surface area contributed by atoms with Gasteiger partial charge in [0.15, 0.2) is 4.34 Å². The summed E-state index contributed by atoms with van der Waals surface area (Å²) >= 11 is 14.9. The monoisotopic (exact) mass is 550 g/mol. The van der Waals surface area contributed by atoms with Crippen LogP contribution in [0.25, 0.3) is 11.3 Å². The zero-order chi connectivity index (χ0) is 25.0. The van der Waals surface area contributed by atoms with Crippen molar-refractivity contribution in [2.45, 2.75) is 29.8 Å². The van der Waals surface area contributed by atoms with Gasteiger partial charge in [0.25, 0.3) is 0 Å². The summed E-state index contributed by atoms with van der Waals surface area (Å²) in [6.07, 6.45) is 1.26. The highest BCUT2D eigenvalue weighted by atomic mass is 35.5. The molecule has 1 saturated heterocycles. The predicted octanol–water partition coefficient (Wildman–Crippen LogP) is 5.10. The lowest BCUT2D eigenvalue weighted by molar-refractivity contribution is -0.898. The Balaban J connectivity index is 1.22. The number of halogens is 2. The number of aromatic nitrogens is 1. The first-order valence-electron chi connectivity index (χ1n) is 11.0. The van der Waals surface area contributed by atoms with E-state index in [-0.39, 0.29) is 22.3 Å². The van der Waals surface area contributed by atoms with Gasteiger partial charge < -0.3 is 20.9 Å². The predicted molar refractivity (Wildman–Crippen MR) is 141 cm³/mol. The first-order valence-corrected chi connectivity index (χ1v) is 13.6. The first kappa shape index (κ1) is 25.9. The molecule has 0 spiro atoms. The van der Waals surface area contributed by atoms with Crippen molar-refractivity contribution in [2.75, 3.05) is 18.8 Å². The van der Waals surface area contributed by atoms with Crippen LogP contribution in [0.15, 0.2) is 52.2 Å². The molecule has 2 amide bonds. The number of hydrogen-bond donors (Lipinski definition) is 2. The molecule has 0 atom stereocenters. The number of amides is 2. The van der Waals surface area contributed by atoms with Crippen molar-refractivity contribution < 1.29 is 14.2 Å². The highest BCUT2D eigenvalue weighted by Gasteiger charge is 2.28. The second-order valence-corrected chi connectivity index (χ2v) is 11.4. The second kappa shape index (κ2) is 11.3. The van der Waals surface area contributed by atoms with Crippen molar-refractivity contribution in [1.82, 2.24) is 10.3 Å². The third-order valence-corrected chi connectivity index (χ3v) is 8.63. The van der Waals surface area contributed by atoms with E-state index in [1.54, 1.807) is 36.4 Å². The number of nitrogens with zero attached hydrogens (tertiary/aromatic N) is 2. The number of carbonyl (C=O) groups excluding carboxylic acids is 2. The molecule has 1 aliphatic heterocycles. The third kappa shape index (κ3) is 6.97. The van der Waals surface area contributed by atoms with E-state index in [0.717, 1.165) is 21.2 Å². The molecule has 4 rings (SSSR count). The highest BCUT2D eigenvalue weighted by molar-refractivity contribution is 8.01. The molecular formula is C24H24Cl2N4O3S2. The Bertz CT molecular complexity index is 1210. The average molecular weight is 552 g/mol. The summed E-state index contributed by atoms with van der Waals surface area (Å²) in [5, 5.41) is 19.0. The molecule has 1 aromatic heterocycles. The van der Waals surface area contributed by atoms with Crippen LogP contribution in [0.5, 0.6) is 0 Å². The number of primary amides is 1. The number of benzene rings is 2. The third-order valence-electron chi connectivity index (χ3n) is 5.87. The van der Waals surface area contributed by atoms with Crippen molar-refractivity contribution in [3.63, 3.8) is 0 Å². The van der Waals surface area contributed by atoms with Crippen LogP contribution in [0.1, 0.15) is 28.8 Å². The minimum Gasteiger partial charge on any atom is -0.633 e. The van der Waals surface area contributed by atoms with Crippen molar-refractivity contribution >= 4 is 58.1 Å². The molecule has 0 radical (unpaired) electrons. The van der Waals surface area contributed by atoms with E-state index in [9.17, 15) is 14.8 Å². The molecule has 0 aliphatic carbocycles. The molecule has 184 valence electrons. The summed E-state index contributed by atoms with van der Waals surface area (Å²) in [6.45, 7) is 1.20. The van der Waals surface area contributed by atoms with Gasteiger partial charge in [-0.15, -0.1) is 11.3 Å². The summed E-state index contributed by atoms with van der Waals surface area (Å²) in [5.41, 5.74) is 8.25. The van der Waals surface area contributed by atoms with Gasteiger partial charge >= 0.3 is 0 Å². The quantitative estimate of drug-likeness (QED) is 0.230. The Morgan fingerprint density at radius 2 is 1.86 bits per heavy atom. The Morgan fingerprint density at radius 3 is 2.51 bits per heavy atom. The molecule has 0 saturated carbocycles. The molecule has 1 aliphatic rings. The van der Waals surface area contributed by atoms with Crippen LogP contribution in [0.2, 0.25) is 10.0 Å². The van der Waals surface area contributed by atoms with E-state index in [0.29, 0.717) is 48.1 Å². The number of nitrogens with two attached hydrogens (primary N) is 1. The van der Waals surface area contributed by atoms with Gasteiger partial charge in [-0.2, -0.15) is 0 Å². The lowest BCUT2D eigenvalue weighted by Gasteiger charge is -2.47. The lowest BCUT2D eigenvalue weighted by Crippen LogP contribution is -2.52. The first-order chi connectivity index (χ1) is 16.7. The van der Waals surface area contributed by atoms with Gasteiger partial charge in [-0.05, 0) is 24.3 Å². The van der Waals surface area contributed by atoms with E-state index in [2.05, 4.69) is 10.3 Å². The zero-order valence-corrected chi connectivity index (χ0v) is 21.9. The number of hydroxylamine groups is 3. The van der Waals surface area contributed by atoms with Crippen molar-refractivity contribution in [1.29, 1.82) is 0 Å². The molecule has 0 bridgehead atoms. The Morgan fingerprint density at radius 1 is 1.14 bits per heavy atom. The standard InChI is InChI=1S/C24H24Cl2N4O3S2/c25-19-6-1-15(11-20(19)26)12-30(33)9-7-18(8-10-30)28-22(31)14-35-24-29-21(13-34-24)16-2-4-17(5-3-16)23(27)32/h1-6,11,13,18H,7-10,12,14H2,(H2,27,32)(H,28,31). The number of likely N-dealkylation sites (tertiary alicyclic amines) is 1. The van der Waals surface area contributed by atoms with Gasteiger partial charge in [-0.1, -0.05) is 53.2 Å². The minimum absolute atomic E-state index is 0.00673. The molecule has 3 N–H and O–H groups in total. The van der Waals surface area contributed by atoms with E-state index in [1.165, 1.54) is 23.1 Å². The fourth-order valence-electron chi connectivity index (χ4n) is 3.97. The summed E-state index contributed by atoms with van der Waals surface area (Å²) in [6, 6.07) is 12.2. The van der Waals surface area contributed by atoms with Crippen LogP contribution < -0.4 is 11.1 Å². The van der Waals surface area contributed by atoms with Crippen LogP contribution in [0, 0.1) is 5.21 Å². The van der Waals surface area contributed by atoms with Gasteiger partial charge in [0.05, 0.1) is 34.6 Å². The topological polar surface area (TPSA) is 108 Å². The fourth-order valence-corrected chi connectivity index (χ4v) is 5.94. The molecule has 1 fully saturated rings. The van der Waals surface area contributed by atoms with Gasteiger partial charge in [0.1, 0.15) is 6.54 Å². The summed E-state index contributed by atoms with van der Waals surface area (Å²) in [7, 11) is 0. The second-order valence-electron chi connectivity index (χ2n) is 8.48. The smallest absolute Gasteiger partial charge is 0.248 e. The molecule has 35 heavy (non-hydrogen) atoms. The maximum absolute atomic E-state index is 13.1. The maximum Gasteiger partial charge on any atom is 0.248 e. The molecule has 0 unspecified atom stereocenters. The van der Waals surface area contributed by atoms with E-state index >= 15 is 0 Å². The van der Waals surface area contributed by atoms with Gasteiger partial charge in [0.2, 0.25) is 11.8 Å². The minimum atomic E-state index is -0.471. The van der Waals surface area contributed by atoms with Gasteiger partial charge in [0, 0.05) is 41.0 Å². The van der Waals surface area contributed by atoms with Crippen molar-refractivity contribution in [2.24, 2.45) is 5.73 Å². The number of carbonyl (C=O) groups is 2. The van der Waals surface area contributed by atoms with Crippen LogP contribution in [-0.2, 0) is 11.3 Å². The number of thiazole rings is 1. The summed E-state index contributed by atoms with van der Waals surface area (Å²) in [5.74, 6) is -0.288. The Kier molecular flexibility index (Phi) is 8.36. The van der Waals surface area contributed by atoms with Crippen LogP contribution in [-0.4, -0.2) is 46.3 Å². The van der Waals surface area contributed by atoms with E-state index < -0.39 is 5.91 Å². The number of quaternary nitrogens is 1. The van der Waals surface area contributed by atoms with Crippen molar-refractivity contribution in [3.05, 3.63) is 74.2 Å². The molecule has 3 aromatic rings. The number of hydrogen-bond acceptors (Lipinski definition) is 6. The number of nitrogens with one attached hydrogen (secondary N) is 1. The number of thioether (sulfide) groups is 1. The molecule has 11 heteroatoms. The summed E-state index contributed by atoms with van der Waals surface area (Å²) in [4.78, 5) is 28.3. The Hall–Kier alpha value is -2.14. The molecular weight excluding hydrogens is 527 g/mol. The van der Waals surface area contributed by atoms with Crippen LogP contribution >= 0.6 is 46.3 Å². The van der Waals surface area contributed by atoms with Gasteiger partial charge in [-0.25, -0.2) is 4.98 Å². The van der Waals surface area contributed by atoms with Crippen LogP contribution in [0.4, 0.5) is 0 Å². The average Bonchev–Trinajstić information content (AvgIpc) is 3.31. The Labute approximate surface area is 221 Å². The summed E-state index contributed by atoms with van der Waals surface area (Å²) < 4.78 is 0.455. The highest BCUT2D eigenvalue weighted by Crippen LogP contribution is 2.29. The molecule has 2 aromatic carbocycles. The van der Waals surface area contributed by atoms with E-state index in [4.69, 9.17) is 28.9 Å². The van der Waals surface area contributed by atoms with Gasteiger partial charge in [-0.3, -0.25) is 9.59 Å². The normalized spacial score (nSPS) is 19.9. The maximum atomic E-state index is 13.1.